The Morgan fingerprint density at radius 1 is 1.26 bits per heavy atom. The van der Waals surface area contributed by atoms with E-state index in [1.165, 1.54) is 7.11 Å². The first kappa shape index (κ1) is 12.8. The summed E-state index contributed by atoms with van der Waals surface area (Å²) in [6, 6.07) is 9.24. The molecule has 19 heavy (non-hydrogen) atoms. The molecule has 0 aliphatic rings. The molecule has 2 aromatic heterocycles. The van der Waals surface area contributed by atoms with E-state index in [9.17, 15) is 4.79 Å². The first-order valence-electron chi connectivity index (χ1n) is 5.73. The van der Waals surface area contributed by atoms with Gasteiger partial charge in [0.1, 0.15) is 5.82 Å². The monoisotopic (exact) mass is 258 g/mol. The summed E-state index contributed by atoms with van der Waals surface area (Å²) in [6.45, 7) is 0.595. The van der Waals surface area contributed by atoms with Crippen molar-refractivity contribution in [3.63, 3.8) is 0 Å². The first-order valence-corrected chi connectivity index (χ1v) is 5.73. The molecular weight excluding hydrogens is 244 g/mol. The van der Waals surface area contributed by atoms with Crippen LogP contribution in [0.15, 0.2) is 42.7 Å². The predicted octanol–water partition coefficient (Wildman–Crippen LogP) is 2.27. The van der Waals surface area contributed by atoms with Crippen LogP contribution < -0.4 is 10.6 Å². The molecule has 0 atom stereocenters. The number of nitrogens with zero attached hydrogens (tertiary/aromatic N) is 2. The summed E-state index contributed by atoms with van der Waals surface area (Å²) < 4.78 is 4.49. The fraction of sp³-hybridized carbons (Fsp3) is 0.154. The highest BCUT2D eigenvalue weighted by molar-refractivity contribution is 5.84. The van der Waals surface area contributed by atoms with Gasteiger partial charge in [0.25, 0.3) is 0 Å². The summed E-state index contributed by atoms with van der Waals surface area (Å²) in [5, 5.41) is 5.67. The average molecular weight is 258 g/mol. The van der Waals surface area contributed by atoms with Gasteiger partial charge < -0.3 is 10.1 Å². The second-order valence-corrected chi connectivity index (χ2v) is 3.72. The first-order chi connectivity index (χ1) is 9.28. The minimum absolute atomic E-state index is 0.518. The lowest BCUT2D eigenvalue weighted by molar-refractivity contribution is 0.187. The number of ether oxygens (including phenoxy) is 1. The second-order valence-electron chi connectivity index (χ2n) is 3.72. The molecule has 0 bridgehead atoms. The number of carbonyl (C=O) groups excluding carboxylic acids is 1. The summed E-state index contributed by atoms with van der Waals surface area (Å²) in [5.74, 6) is 0.709. The third-order valence-electron chi connectivity index (χ3n) is 2.37. The number of rotatable bonds is 4. The van der Waals surface area contributed by atoms with Crippen molar-refractivity contribution in [3.05, 3.63) is 48.4 Å². The number of anilines is 2. The Morgan fingerprint density at radius 3 is 2.79 bits per heavy atom. The van der Waals surface area contributed by atoms with Gasteiger partial charge in [0.05, 0.1) is 31.2 Å². The molecule has 0 saturated heterocycles. The van der Waals surface area contributed by atoms with Crippen LogP contribution in [-0.2, 0) is 11.3 Å². The standard InChI is InChI=1S/C13H14N4O2/c1-19-13(18)17-11-5-6-12(16-9-11)15-8-10-4-2-3-7-14-10/h2-7,9H,8H2,1H3,(H,15,16)(H,17,18). The molecule has 2 rings (SSSR count). The summed E-state index contributed by atoms with van der Waals surface area (Å²) in [4.78, 5) is 19.4. The van der Waals surface area contributed by atoms with E-state index in [2.05, 4.69) is 25.3 Å². The summed E-state index contributed by atoms with van der Waals surface area (Å²) in [5.41, 5.74) is 1.51. The predicted molar refractivity (Wildman–Crippen MR) is 71.8 cm³/mol. The van der Waals surface area contributed by atoms with Gasteiger partial charge >= 0.3 is 6.09 Å². The zero-order valence-corrected chi connectivity index (χ0v) is 10.5. The van der Waals surface area contributed by atoms with Crippen LogP contribution >= 0.6 is 0 Å². The molecule has 6 heteroatoms. The van der Waals surface area contributed by atoms with Gasteiger partial charge in [-0.15, -0.1) is 0 Å². The molecule has 2 aromatic rings. The van der Waals surface area contributed by atoms with Crippen molar-refractivity contribution in [1.82, 2.24) is 9.97 Å². The van der Waals surface area contributed by atoms with Crippen molar-refractivity contribution < 1.29 is 9.53 Å². The quantitative estimate of drug-likeness (QED) is 0.879. The van der Waals surface area contributed by atoms with Gasteiger partial charge in [0, 0.05) is 6.20 Å². The fourth-order valence-electron chi connectivity index (χ4n) is 1.43. The Morgan fingerprint density at radius 2 is 2.16 bits per heavy atom. The highest BCUT2D eigenvalue weighted by Gasteiger charge is 2.01. The second kappa shape index (κ2) is 6.34. The van der Waals surface area contributed by atoms with Crippen molar-refractivity contribution in [1.29, 1.82) is 0 Å². The molecule has 0 spiro atoms. The van der Waals surface area contributed by atoms with Gasteiger partial charge in [0.2, 0.25) is 0 Å². The molecule has 2 N–H and O–H groups in total. The van der Waals surface area contributed by atoms with Crippen LogP contribution in [0.3, 0.4) is 0 Å². The highest BCUT2D eigenvalue weighted by Crippen LogP contribution is 2.10. The van der Waals surface area contributed by atoms with Crippen molar-refractivity contribution in [2.75, 3.05) is 17.7 Å². The maximum Gasteiger partial charge on any atom is 0.411 e. The summed E-state index contributed by atoms with van der Waals surface area (Å²) >= 11 is 0. The van der Waals surface area contributed by atoms with E-state index >= 15 is 0 Å². The molecule has 0 aliphatic carbocycles. The van der Waals surface area contributed by atoms with E-state index in [-0.39, 0.29) is 0 Å². The van der Waals surface area contributed by atoms with E-state index in [1.54, 1.807) is 24.5 Å². The Bertz CT molecular complexity index is 528. The maximum atomic E-state index is 11.0. The number of pyridine rings is 2. The Balaban J connectivity index is 1.90. The molecule has 2 heterocycles. The lowest BCUT2D eigenvalue weighted by Crippen LogP contribution is -2.11. The van der Waals surface area contributed by atoms with Gasteiger partial charge in [-0.3, -0.25) is 10.3 Å². The molecule has 98 valence electrons. The zero-order chi connectivity index (χ0) is 13.5. The van der Waals surface area contributed by atoms with E-state index in [0.29, 0.717) is 18.1 Å². The normalized spacial score (nSPS) is 9.74. The minimum atomic E-state index is -0.518. The summed E-state index contributed by atoms with van der Waals surface area (Å²) in [6.07, 6.45) is 2.78. The topological polar surface area (TPSA) is 76.1 Å². The molecule has 6 nitrogen and oxygen atoms in total. The van der Waals surface area contributed by atoms with E-state index in [0.717, 1.165) is 5.69 Å². The van der Waals surface area contributed by atoms with Crippen molar-refractivity contribution in [2.45, 2.75) is 6.54 Å². The van der Waals surface area contributed by atoms with Crippen LogP contribution in [0.2, 0.25) is 0 Å². The van der Waals surface area contributed by atoms with Gasteiger partial charge in [-0.1, -0.05) is 6.07 Å². The number of amides is 1. The Labute approximate surface area is 110 Å². The van der Waals surface area contributed by atoms with Crippen LogP contribution in [0.4, 0.5) is 16.3 Å². The lowest BCUT2D eigenvalue weighted by Gasteiger charge is -2.06. The van der Waals surface area contributed by atoms with Crippen LogP contribution in [0.5, 0.6) is 0 Å². The number of hydrogen-bond acceptors (Lipinski definition) is 5. The number of hydrogen-bond donors (Lipinski definition) is 2. The van der Waals surface area contributed by atoms with Crippen molar-refractivity contribution in [2.24, 2.45) is 0 Å². The van der Waals surface area contributed by atoms with Gasteiger partial charge in [-0.2, -0.15) is 0 Å². The fourth-order valence-corrected chi connectivity index (χ4v) is 1.43. The summed E-state index contributed by atoms with van der Waals surface area (Å²) in [7, 11) is 1.31. The average Bonchev–Trinajstić information content (AvgIpc) is 2.47. The molecule has 0 aromatic carbocycles. The lowest BCUT2D eigenvalue weighted by atomic mass is 10.3. The number of methoxy groups -OCH3 is 1. The molecule has 0 unspecified atom stereocenters. The SMILES string of the molecule is COC(=O)Nc1ccc(NCc2ccccn2)nc1. The number of nitrogens with one attached hydrogen (secondary N) is 2. The van der Waals surface area contributed by atoms with Gasteiger partial charge in [-0.05, 0) is 24.3 Å². The van der Waals surface area contributed by atoms with E-state index in [1.807, 2.05) is 18.2 Å². The van der Waals surface area contributed by atoms with E-state index < -0.39 is 6.09 Å². The van der Waals surface area contributed by atoms with Crippen LogP contribution in [0, 0.1) is 0 Å². The maximum absolute atomic E-state index is 11.0. The minimum Gasteiger partial charge on any atom is -0.453 e. The number of aromatic nitrogens is 2. The van der Waals surface area contributed by atoms with Gasteiger partial charge in [0.15, 0.2) is 0 Å². The third kappa shape index (κ3) is 3.95. The van der Waals surface area contributed by atoms with Crippen molar-refractivity contribution in [3.8, 4) is 0 Å². The zero-order valence-electron chi connectivity index (χ0n) is 10.5. The smallest absolute Gasteiger partial charge is 0.411 e. The highest BCUT2D eigenvalue weighted by atomic mass is 16.5. The molecule has 1 amide bonds. The van der Waals surface area contributed by atoms with Crippen LogP contribution in [0.1, 0.15) is 5.69 Å². The van der Waals surface area contributed by atoms with Crippen LogP contribution in [-0.4, -0.2) is 23.2 Å². The molecule has 0 saturated carbocycles. The Hall–Kier alpha value is -2.63. The molecule has 0 fully saturated rings. The third-order valence-corrected chi connectivity index (χ3v) is 2.37. The van der Waals surface area contributed by atoms with E-state index in [4.69, 9.17) is 0 Å². The largest absolute Gasteiger partial charge is 0.453 e. The van der Waals surface area contributed by atoms with Crippen molar-refractivity contribution >= 4 is 17.6 Å². The Kier molecular flexibility index (Phi) is 4.28. The molecule has 0 radical (unpaired) electrons. The number of carbonyl (C=O) groups is 1. The molecular formula is C13H14N4O2. The van der Waals surface area contributed by atoms with Crippen LogP contribution in [0.25, 0.3) is 0 Å². The van der Waals surface area contributed by atoms with Gasteiger partial charge in [-0.25, -0.2) is 9.78 Å². The molecule has 0 aliphatic heterocycles.